The largest absolute Gasteiger partial charge is 0.418 e. The van der Waals surface area contributed by atoms with E-state index in [1.165, 1.54) is 0 Å². The molecule has 8 heteroatoms. The second-order valence-electron chi connectivity index (χ2n) is 3.24. The highest BCUT2D eigenvalue weighted by Gasteiger charge is 2.40. The van der Waals surface area contributed by atoms with Gasteiger partial charge in [-0.3, -0.25) is 0 Å². The van der Waals surface area contributed by atoms with Crippen molar-refractivity contribution in [3.63, 3.8) is 0 Å². The van der Waals surface area contributed by atoms with Crippen molar-refractivity contribution in [1.29, 1.82) is 0 Å². The lowest BCUT2D eigenvalue weighted by atomic mass is 10.1. The van der Waals surface area contributed by atoms with E-state index < -0.39 is 34.2 Å². The molecule has 0 aliphatic carbocycles. The summed E-state index contributed by atoms with van der Waals surface area (Å²) < 4.78 is 85.9. The van der Waals surface area contributed by atoms with Crippen LogP contribution in [0.3, 0.4) is 0 Å². The second kappa shape index (κ2) is 5.41. The first-order valence-corrected chi connectivity index (χ1v) is 5.11. The van der Waals surface area contributed by atoms with E-state index in [1.54, 1.807) is 0 Å². The van der Waals surface area contributed by atoms with Gasteiger partial charge in [0.05, 0.1) is 5.57 Å². The van der Waals surface area contributed by atoms with Crippen molar-refractivity contribution in [1.82, 2.24) is 0 Å². The molecule has 0 aliphatic heterocycles. The maximum atomic E-state index is 12.6. The molecule has 0 aromatic heterocycles. The first-order valence-electron chi connectivity index (χ1n) is 4.20. The van der Waals surface area contributed by atoms with Gasteiger partial charge >= 0.3 is 12.4 Å². The van der Waals surface area contributed by atoms with Crippen LogP contribution in [0.5, 0.6) is 0 Å². The first-order chi connectivity index (χ1) is 7.37. The minimum absolute atomic E-state index is 0.141. The molecule has 0 heterocycles. The molecule has 1 unspecified atom stereocenters. The van der Waals surface area contributed by atoms with Crippen LogP contribution >= 0.6 is 15.9 Å². The van der Waals surface area contributed by atoms with Crippen LogP contribution in [0, 0.1) is 0 Å². The monoisotopic (exact) mass is 328 g/mol. The van der Waals surface area contributed by atoms with Gasteiger partial charge in [0.15, 0.2) is 0 Å². The highest BCUT2D eigenvalue weighted by atomic mass is 79.9. The summed E-state index contributed by atoms with van der Waals surface area (Å²) >= 11 is 2.20. The number of alkyl halides is 7. The predicted octanol–water partition coefficient (Wildman–Crippen LogP) is 5.06. The fourth-order valence-corrected chi connectivity index (χ4v) is 1.07. The molecule has 0 rings (SSSR count). The summed E-state index contributed by atoms with van der Waals surface area (Å²) in [5, 5.41) is 0. The van der Waals surface area contributed by atoms with Crippen molar-refractivity contribution >= 4 is 15.9 Å². The van der Waals surface area contributed by atoms with Gasteiger partial charge in [0.2, 0.25) is 0 Å². The molecule has 0 saturated carbocycles. The van der Waals surface area contributed by atoms with E-state index in [0.29, 0.717) is 6.92 Å². The standard InChI is InChI=1S/C9H8BrF7/c1-4(7(10)9(15,16)17)3-6(5(2)11)8(12,13)14/h3,7H,1-2H3/b4-3+,6-5-. The van der Waals surface area contributed by atoms with E-state index in [-0.39, 0.29) is 6.08 Å². The molecule has 0 nitrogen and oxygen atoms in total. The van der Waals surface area contributed by atoms with Gasteiger partial charge in [0.1, 0.15) is 10.7 Å². The van der Waals surface area contributed by atoms with Crippen molar-refractivity contribution in [3.05, 3.63) is 23.0 Å². The molecular weight excluding hydrogens is 321 g/mol. The topological polar surface area (TPSA) is 0 Å². The van der Waals surface area contributed by atoms with Crippen molar-refractivity contribution < 1.29 is 30.7 Å². The normalized spacial score (nSPS) is 17.9. The summed E-state index contributed by atoms with van der Waals surface area (Å²) in [6.07, 6.45) is -9.62. The van der Waals surface area contributed by atoms with E-state index >= 15 is 0 Å². The number of hydrogen-bond donors (Lipinski definition) is 0. The molecular formula is C9H8BrF7. The Morgan fingerprint density at radius 2 is 1.47 bits per heavy atom. The van der Waals surface area contributed by atoms with Crippen LogP contribution in [0.4, 0.5) is 30.7 Å². The van der Waals surface area contributed by atoms with Crippen LogP contribution in [-0.4, -0.2) is 17.2 Å². The van der Waals surface area contributed by atoms with Crippen molar-refractivity contribution in [2.75, 3.05) is 0 Å². The van der Waals surface area contributed by atoms with Crippen LogP contribution in [-0.2, 0) is 0 Å². The zero-order chi connectivity index (χ0) is 14.0. The van der Waals surface area contributed by atoms with Gasteiger partial charge in [0.25, 0.3) is 0 Å². The lowest BCUT2D eigenvalue weighted by Gasteiger charge is -2.16. The Morgan fingerprint density at radius 1 is 1.06 bits per heavy atom. The molecule has 0 aromatic carbocycles. The maximum Gasteiger partial charge on any atom is 0.418 e. The van der Waals surface area contributed by atoms with Crippen LogP contribution < -0.4 is 0 Å². The van der Waals surface area contributed by atoms with E-state index in [9.17, 15) is 30.7 Å². The van der Waals surface area contributed by atoms with Gasteiger partial charge < -0.3 is 0 Å². The zero-order valence-corrected chi connectivity index (χ0v) is 10.3. The molecule has 0 amide bonds. The van der Waals surface area contributed by atoms with E-state index in [0.717, 1.165) is 6.92 Å². The fraction of sp³-hybridized carbons (Fsp3) is 0.556. The molecule has 0 aliphatic rings. The fourth-order valence-electron chi connectivity index (χ4n) is 0.936. The Balaban J connectivity index is 5.34. The van der Waals surface area contributed by atoms with E-state index in [4.69, 9.17) is 0 Å². The average molecular weight is 329 g/mol. The number of allylic oxidation sites excluding steroid dienone is 4. The lowest BCUT2D eigenvalue weighted by Crippen LogP contribution is -2.24. The predicted molar refractivity (Wildman–Crippen MR) is 52.4 cm³/mol. The Labute approximate surface area is 101 Å². The van der Waals surface area contributed by atoms with Crippen LogP contribution in [0.15, 0.2) is 23.0 Å². The zero-order valence-electron chi connectivity index (χ0n) is 8.68. The van der Waals surface area contributed by atoms with E-state index in [1.807, 2.05) is 0 Å². The maximum absolute atomic E-state index is 12.6. The second-order valence-corrected chi connectivity index (χ2v) is 4.15. The smallest absolute Gasteiger partial charge is 0.211 e. The molecule has 0 saturated heterocycles. The Kier molecular flexibility index (Phi) is 5.24. The molecule has 0 radical (unpaired) electrons. The Hall–Kier alpha value is -0.530. The third kappa shape index (κ3) is 5.10. The molecule has 0 aromatic rings. The van der Waals surface area contributed by atoms with Gasteiger partial charge in [0, 0.05) is 0 Å². The van der Waals surface area contributed by atoms with Gasteiger partial charge in [-0.2, -0.15) is 26.3 Å². The quantitative estimate of drug-likeness (QED) is 0.377. The molecule has 100 valence electrons. The summed E-state index contributed by atoms with van der Waals surface area (Å²) in [4.78, 5) is -2.24. The molecule has 0 N–H and O–H groups in total. The summed E-state index contributed by atoms with van der Waals surface area (Å²) in [5.41, 5.74) is -2.40. The number of rotatable bonds is 2. The minimum atomic E-state index is -5.03. The average Bonchev–Trinajstić information content (AvgIpc) is 2.08. The summed E-state index contributed by atoms with van der Waals surface area (Å²) in [7, 11) is 0. The van der Waals surface area contributed by atoms with Crippen molar-refractivity contribution in [2.24, 2.45) is 0 Å². The third-order valence-corrected chi connectivity index (χ3v) is 2.98. The molecule has 0 bridgehead atoms. The molecule has 0 spiro atoms. The van der Waals surface area contributed by atoms with Crippen molar-refractivity contribution in [2.45, 2.75) is 31.0 Å². The van der Waals surface area contributed by atoms with Crippen LogP contribution in [0.2, 0.25) is 0 Å². The number of halogens is 8. The van der Waals surface area contributed by atoms with Crippen LogP contribution in [0.1, 0.15) is 13.8 Å². The van der Waals surface area contributed by atoms with Gasteiger partial charge in [-0.25, -0.2) is 4.39 Å². The summed E-state index contributed by atoms with van der Waals surface area (Å²) in [6, 6.07) is 0. The first kappa shape index (κ1) is 16.5. The summed E-state index contributed by atoms with van der Waals surface area (Å²) in [6.45, 7) is 1.37. The van der Waals surface area contributed by atoms with Gasteiger partial charge in [-0.05, 0) is 19.9 Å². The minimum Gasteiger partial charge on any atom is -0.211 e. The lowest BCUT2D eigenvalue weighted by molar-refractivity contribution is -0.120. The third-order valence-electron chi connectivity index (χ3n) is 1.74. The van der Waals surface area contributed by atoms with Crippen molar-refractivity contribution in [3.8, 4) is 0 Å². The highest BCUT2D eigenvalue weighted by molar-refractivity contribution is 9.09. The highest BCUT2D eigenvalue weighted by Crippen LogP contribution is 2.35. The number of hydrogen-bond acceptors (Lipinski definition) is 0. The molecule has 17 heavy (non-hydrogen) atoms. The molecule has 1 atom stereocenters. The Bertz CT molecular complexity index is 330. The SMILES string of the molecule is C/C(F)=C(\C=C(/C)C(Br)C(F)(F)F)C(F)(F)F. The van der Waals surface area contributed by atoms with Gasteiger partial charge in [-0.1, -0.05) is 21.5 Å². The van der Waals surface area contributed by atoms with Crippen LogP contribution in [0.25, 0.3) is 0 Å². The van der Waals surface area contributed by atoms with Gasteiger partial charge in [-0.15, -0.1) is 0 Å². The molecule has 0 fully saturated rings. The van der Waals surface area contributed by atoms with E-state index in [2.05, 4.69) is 15.9 Å². The summed E-state index contributed by atoms with van der Waals surface area (Å²) in [5.74, 6) is -1.58. The Morgan fingerprint density at radius 3 is 1.71 bits per heavy atom.